The maximum absolute atomic E-state index is 13.1. The van der Waals surface area contributed by atoms with E-state index in [4.69, 9.17) is 11.6 Å². The van der Waals surface area contributed by atoms with Crippen LogP contribution in [0.15, 0.2) is 15.0 Å². The van der Waals surface area contributed by atoms with Gasteiger partial charge < -0.3 is 0 Å². The van der Waals surface area contributed by atoms with E-state index < -0.39 is 5.82 Å². The molecule has 0 spiro atoms. The molecule has 0 bridgehead atoms. The SMILES string of the molecule is O=Cc1c(F)c(Br)cc(Br)c1Cl. The summed E-state index contributed by atoms with van der Waals surface area (Å²) in [5.74, 6) is -0.641. The second kappa shape index (κ2) is 3.85. The standard InChI is InChI=1S/C7H2Br2ClFO/c8-4-1-5(9)7(11)3(2-12)6(4)10/h1-2H. The average molecular weight is 316 g/mol. The molecule has 0 fully saturated rings. The van der Waals surface area contributed by atoms with E-state index in [1.54, 1.807) is 0 Å². The Hall–Kier alpha value is 0.0700. The second-order valence-electron chi connectivity index (χ2n) is 2.00. The van der Waals surface area contributed by atoms with Gasteiger partial charge in [0.1, 0.15) is 5.82 Å². The normalized spacial score (nSPS) is 10.0. The number of carbonyl (C=O) groups is 1. The van der Waals surface area contributed by atoms with Crippen molar-refractivity contribution in [2.24, 2.45) is 0 Å². The van der Waals surface area contributed by atoms with Gasteiger partial charge in [-0.1, -0.05) is 11.6 Å². The molecule has 0 atom stereocenters. The van der Waals surface area contributed by atoms with Gasteiger partial charge in [0.2, 0.25) is 0 Å². The van der Waals surface area contributed by atoms with Gasteiger partial charge in [-0.2, -0.15) is 0 Å². The minimum Gasteiger partial charge on any atom is -0.298 e. The molecule has 0 heterocycles. The van der Waals surface area contributed by atoms with Gasteiger partial charge in [-0.3, -0.25) is 4.79 Å². The monoisotopic (exact) mass is 314 g/mol. The zero-order chi connectivity index (χ0) is 9.30. The fourth-order valence-corrected chi connectivity index (χ4v) is 2.07. The number of carbonyl (C=O) groups excluding carboxylic acids is 1. The molecule has 1 aromatic carbocycles. The van der Waals surface area contributed by atoms with E-state index in [9.17, 15) is 9.18 Å². The van der Waals surface area contributed by atoms with E-state index >= 15 is 0 Å². The van der Waals surface area contributed by atoms with Crippen molar-refractivity contribution < 1.29 is 9.18 Å². The van der Waals surface area contributed by atoms with Crippen molar-refractivity contribution >= 4 is 49.7 Å². The second-order valence-corrected chi connectivity index (χ2v) is 4.09. The number of halogens is 4. The van der Waals surface area contributed by atoms with Crippen LogP contribution in [-0.2, 0) is 0 Å². The molecular weight excluding hydrogens is 314 g/mol. The van der Waals surface area contributed by atoms with Crippen molar-refractivity contribution in [2.75, 3.05) is 0 Å². The molecule has 0 aliphatic rings. The van der Waals surface area contributed by atoms with Crippen molar-refractivity contribution in [2.45, 2.75) is 0 Å². The lowest BCUT2D eigenvalue weighted by atomic mass is 10.2. The summed E-state index contributed by atoms with van der Waals surface area (Å²) in [5, 5.41) is 0.0886. The molecule has 0 N–H and O–H groups in total. The molecule has 0 unspecified atom stereocenters. The third-order valence-electron chi connectivity index (χ3n) is 1.26. The Kier molecular flexibility index (Phi) is 3.26. The molecule has 64 valence electrons. The first-order valence-electron chi connectivity index (χ1n) is 2.86. The van der Waals surface area contributed by atoms with Gasteiger partial charge in [0.15, 0.2) is 6.29 Å². The summed E-state index contributed by atoms with van der Waals surface area (Å²) in [6.45, 7) is 0. The van der Waals surface area contributed by atoms with Crippen LogP contribution < -0.4 is 0 Å². The lowest BCUT2D eigenvalue weighted by Crippen LogP contribution is -1.91. The summed E-state index contributed by atoms with van der Waals surface area (Å²) in [5.41, 5.74) is -0.141. The van der Waals surface area contributed by atoms with Crippen molar-refractivity contribution in [3.05, 3.63) is 31.4 Å². The van der Waals surface area contributed by atoms with Gasteiger partial charge in [-0.05, 0) is 37.9 Å². The molecule has 0 aromatic heterocycles. The topological polar surface area (TPSA) is 17.1 Å². The van der Waals surface area contributed by atoms with Crippen LogP contribution in [0.3, 0.4) is 0 Å². The first kappa shape index (κ1) is 10.2. The van der Waals surface area contributed by atoms with Crippen LogP contribution in [0, 0.1) is 5.82 Å². The van der Waals surface area contributed by atoms with Gasteiger partial charge in [0, 0.05) is 4.47 Å². The lowest BCUT2D eigenvalue weighted by Gasteiger charge is -2.02. The third-order valence-corrected chi connectivity index (χ3v) is 3.10. The predicted octanol–water partition coefficient (Wildman–Crippen LogP) is 3.82. The Bertz CT molecular complexity index is 314. The maximum atomic E-state index is 13.1. The first-order valence-corrected chi connectivity index (χ1v) is 4.82. The minimum atomic E-state index is -0.641. The summed E-state index contributed by atoms with van der Waals surface area (Å²) in [7, 11) is 0. The number of aldehydes is 1. The zero-order valence-corrected chi connectivity index (χ0v) is 9.50. The molecule has 5 heteroatoms. The smallest absolute Gasteiger partial charge is 0.154 e. The number of rotatable bonds is 1. The first-order chi connectivity index (χ1) is 5.57. The Labute approximate surface area is 90.2 Å². The highest BCUT2D eigenvalue weighted by Gasteiger charge is 2.13. The highest BCUT2D eigenvalue weighted by molar-refractivity contribution is 9.11. The van der Waals surface area contributed by atoms with E-state index in [1.807, 2.05) is 0 Å². The zero-order valence-electron chi connectivity index (χ0n) is 5.57. The van der Waals surface area contributed by atoms with E-state index in [0.29, 0.717) is 10.8 Å². The molecule has 0 amide bonds. The number of benzene rings is 1. The summed E-state index contributed by atoms with van der Waals surface area (Å²) >= 11 is 11.7. The molecular formula is C7H2Br2ClFO. The van der Waals surface area contributed by atoms with Crippen LogP contribution in [0.4, 0.5) is 4.39 Å². The summed E-state index contributed by atoms with van der Waals surface area (Å²) < 4.78 is 13.8. The maximum Gasteiger partial charge on any atom is 0.154 e. The van der Waals surface area contributed by atoms with Crippen LogP contribution in [0.1, 0.15) is 10.4 Å². The van der Waals surface area contributed by atoms with Crippen LogP contribution in [-0.4, -0.2) is 6.29 Å². The van der Waals surface area contributed by atoms with Crippen LogP contribution >= 0.6 is 43.5 Å². The fraction of sp³-hybridized carbons (Fsp3) is 0. The van der Waals surface area contributed by atoms with Gasteiger partial charge >= 0.3 is 0 Å². The third kappa shape index (κ3) is 1.70. The van der Waals surface area contributed by atoms with E-state index in [-0.39, 0.29) is 15.1 Å². The molecule has 1 nitrogen and oxygen atoms in total. The van der Waals surface area contributed by atoms with Crippen molar-refractivity contribution in [1.82, 2.24) is 0 Å². The van der Waals surface area contributed by atoms with Crippen molar-refractivity contribution in [1.29, 1.82) is 0 Å². The Morgan fingerprint density at radius 1 is 1.42 bits per heavy atom. The summed E-state index contributed by atoms with van der Waals surface area (Å²) in [4.78, 5) is 10.4. The lowest BCUT2D eigenvalue weighted by molar-refractivity contribution is 0.112. The molecule has 1 rings (SSSR count). The van der Waals surface area contributed by atoms with E-state index in [2.05, 4.69) is 31.9 Å². The number of hydrogen-bond acceptors (Lipinski definition) is 1. The largest absolute Gasteiger partial charge is 0.298 e. The number of hydrogen-bond donors (Lipinski definition) is 0. The highest BCUT2D eigenvalue weighted by atomic mass is 79.9. The molecule has 0 aliphatic carbocycles. The Balaban J connectivity index is 3.52. The summed E-state index contributed by atoms with van der Waals surface area (Å²) in [6.07, 6.45) is 0.382. The van der Waals surface area contributed by atoms with Gasteiger partial charge in [0.05, 0.1) is 15.1 Å². The van der Waals surface area contributed by atoms with Gasteiger partial charge in [-0.15, -0.1) is 0 Å². The Morgan fingerprint density at radius 2 is 2.00 bits per heavy atom. The van der Waals surface area contributed by atoms with Gasteiger partial charge in [-0.25, -0.2) is 4.39 Å². The Morgan fingerprint density at radius 3 is 2.50 bits per heavy atom. The quantitative estimate of drug-likeness (QED) is 0.569. The predicted molar refractivity (Wildman–Crippen MR) is 52.2 cm³/mol. The molecule has 0 saturated heterocycles. The van der Waals surface area contributed by atoms with E-state index in [1.165, 1.54) is 6.07 Å². The minimum absolute atomic E-state index is 0.0886. The van der Waals surface area contributed by atoms with Crippen molar-refractivity contribution in [3.63, 3.8) is 0 Å². The average Bonchev–Trinajstić information content (AvgIpc) is 2.02. The van der Waals surface area contributed by atoms with Crippen molar-refractivity contribution in [3.8, 4) is 0 Å². The van der Waals surface area contributed by atoms with E-state index in [0.717, 1.165) is 0 Å². The van der Waals surface area contributed by atoms with Crippen LogP contribution in [0.5, 0.6) is 0 Å². The van der Waals surface area contributed by atoms with Crippen LogP contribution in [0.2, 0.25) is 5.02 Å². The molecule has 0 radical (unpaired) electrons. The summed E-state index contributed by atoms with van der Waals surface area (Å²) in [6, 6.07) is 1.45. The molecule has 0 aliphatic heterocycles. The van der Waals surface area contributed by atoms with Gasteiger partial charge in [0.25, 0.3) is 0 Å². The van der Waals surface area contributed by atoms with Crippen LogP contribution in [0.25, 0.3) is 0 Å². The fourth-order valence-electron chi connectivity index (χ4n) is 0.695. The highest BCUT2D eigenvalue weighted by Crippen LogP contribution is 2.32. The molecule has 1 aromatic rings. The molecule has 12 heavy (non-hydrogen) atoms. The molecule has 0 saturated carbocycles.